The molecule has 1 aliphatic rings. The maximum absolute atomic E-state index is 10.3. The molecule has 4 rings (SSSR count). The first-order valence-electron chi connectivity index (χ1n) is 15.3. The van der Waals surface area contributed by atoms with E-state index in [1.165, 1.54) is 81.5 Å². The van der Waals surface area contributed by atoms with E-state index in [1.54, 1.807) is 0 Å². The van der Waals surface area contributed by atoms with E-state index in [2.05, 4.69) is 51.1 Å². The van der Waals surface area contributed by atoms with Crippen LogP contribution in [0.4, 0.5) is 0 Å². The molecule has 0 aliphatic carbocycles. The summed E-state index contributed by atoms with van der Waals surface area (Å²) in [6.45, 7) is 4.88. The minimum absolute atomic E-state index is 0.0502. The van der Waals surface area contributed by atoms with Crippen molar-refractivity contribution in [2.24, 2.45) is 0 Å². The molecule has 15 heteroatoms. The van der Waals surface area contributed by atoms with Crippen LogP contribution in [0.2, 0.25) is 0 Å². The third-order valence-electron chi connectivity index (χ3n) is 6.70. The molecule has 0 saturated carbocycles. The Balaban J connectivity index is 1.16. The number of rotatable bonds is 18. The first-order valence-corrected chi connectivity index (χ1v) is 22.2. The van der Waals surface area contributed by atoms with Crippen LogP contribution in [0.3, 0.4) is 0 Å². The van der Waals surface area contributed by atoms with E-state index < -0.39 is 0 Å². The van der Waals surface area contributed by atoms with Crippen molar-refractivity contribution in [1.29, 1.82) is 0 Å². The minimum atomic E-state index is -0.0502. The lowest BCUT2D eigenvalue weighted by Gasteiger charge is -2.40. The summed E-state index contributed by atoms with van der Waals surface area (Å²) >= 11 is 0. The van der Waals surface area contributed by atoms with Gasteiger partial charge in [0.1, 0.15) is 0 Å². The summed E-state index contributed by atoms with van der Waals surface area (Å²) in [5.41, 5.74) is 3.57. The number of hydrogen-bond donors (Lipinski definition) is 0. The molecule has 0 radical (unpaired) electrons. The van der Waals surface area contributed by atoms with E-state index >= 15 is 0 Å². The van der Waals surface area contributed by atoms with Crippen LogP contribution in [-0.2, 0) is 31.5 Å². The average Bonchev–Trinajstić information content (AvgIpc) is 3.10. The molecule has 1 saturated heterocycles. The Bertz CT molecular complexity index is 1190. The fourth-order valence-corrected chi connectivity index (χ4v) is 9.39. The number of benzene rings is 3. The second-order valence-electron chi connectivity index (χ2n) is 10.4. The lowest BCUT2D eigenvalue weighted by atomic mass is 10.2. The molecule has 0 unspecified atom stereocenters. The topological polar surface area (TPSA) is 102 Å². The van der Waals surface area contributed by atoms with Crippen LogP contribution in [0.15, 0.2) is 91.0 Å². The standard InChI is InChI=1S/C33H39N3O6S6/c37-31(46-43-22-28-10-4-1-5-11-28)40-19-16-34-25-35(17-20-41-32(38)47-44-23-29-12-6-2-7-13-29)27-36(26-34)18-21-42-33(39)48-45-24-30-14-8-3-9-15-30/h1-15H,16-27H2/p+3. The summed E-state index contributed by atoms with van der Waals surface area (Å²) in [5.74, 6) is 2.31. The van der Waals surface area contributed by atoms with Crippen molar-refractivity contribution in [2.45, 2.75) is 17.3 Å². The molecule has 9 nitrogen and oxygen atoms in total. The molecule has 3 N–H and O–H groups in total. The van der Waals surface area contributed by atoms with Gasteiger partial charge in [0.25, 0.3) is 0 Å². The summed E-state index contributed by atoms with van der Waals surface area (Å²) in [6, 6.07) is 30.3. The molecule has 0 amide bonds. The van der Waals surface area contributed by atoms with Crippen molar-refractivity contribution in [3.05, 3.63) is 108 Å². The Kier molecular flexibility index (Phi) is 19.0. The third-order valence-corrected chi connectivity index (χ3v) is 12.6. The molecule has 0 spiro atoms. The van der Waals surface area contributed by atoms with Gasteiger partial charge in [-0.15, -0.1) is 0 Å². The highest BCUT2D eigenvalue weighted by atomic mass is 33.1. The smallest absolute Gasteiger partial charge is 0.329 e. The summed E-state index contributed by atoms with van der Waals surface area (Å²) in [4.78, 5) is 37.4. The van der Waals surface area contributed by atoms with Gasteiger partial charge in [-0.05, 0) is 16.7 Å². The zero-order valence-electron chi connectivity index (χ0n) is 26.5. The van der Waals surface area contributed by atoms with Crippen LogP contribution < -0.4 is 0 Å². The Morgan fingerprint density at radius 2 is 0.729 bits per heavy atom. The van der Waals surface area contributed by atoms with Gasteiger partial charge in [-0.1, -0.05) is 123 Å². The van der Waals surface area contributed by atoms with Crippen LogP contribution >= 0.6 is 64.8 Å². The molecule has 48 heavy (non-hydrogen) atoms. The van der Waals surface area contributed by atoms with E-state index in [4.69, 9.17) is 14.2 Å². The highest BCUT2D eigenvalue weighted by molar-refractivity contribution is 8.82. The second-order valence-corrected chi connectivity index (χ2v) is 17.2. The zero-order valence-corrected chi connectivity index (χ0v) is 31.4. The fraction of sp³-hybridized carbons (Fsp3) is 0.364. The van der Waals surface area contributed by atoms with E-state index in [9.17, 15) is 14.4 Å². The number of nitrogens with zero attached hydrogens (tertiary/aromatic N) is 3. The molecular formula is C33H42N3O6S6+3. The van der Waals surface area contributed by atoms with E-state index in [0.29, 0.717) is 59.5 Å². The SMILES string of the molecule is [OH+]=C(OCCN1CN(CCOC(=[OH+])SSCc2ccccc2)CN(CCOC(=[OH+])SSCc2ccccc2)C1)SSCc1ccccc1. The van der Waals surface area contributed by atoms with Crippen LogP contribution in [0, 0.1) is 0 Å². The molecule has 0 bridgehead atoms. The van der Waals surface area contributed by atoms with Crippen molar-refractivity contribution in [2.75, 3.05) is 59.5 Å². The average molecular weight is 769 g/mol. The molecule has 1 aliphatic heterocycles. The minimum Gasteiger partial charge on any atom is -0.329 e. The highest BCUT2D eigenvalue weighted by Crippen LogP contribution is 2.28. The molecule has 0 atom stereocenters. The van der Waals surface area contributed by atoms with Gasteiger partial charge in [-0.2, -0.15) is 0 Å². The monoisotopic (exact) mass is 768 g/mol. The van der Waals surface area contributed by atoms with Crippen LogP contribution in [0.5, 0.6) is 0 Å². The van der Waals surface area contributed by atoms with Crippen molar-refractivity contribution in [3.8, 4) is 0 Å². The zero-order chi connectivity index (χ0) is 33.7. The predicted molar refractivity (Wildman–Crippen MR) is 209 cm³/mol. The van der Waals surface area contributed by atoms with E-state index in [0.717, 1.165) is 17.3 Å². The Morgan fingerprint density at radius 1 is 0.458 bits per heavy atom. The second kappa shape index (κ2) is 23.5. The van der Waals surface area contributed by atoms with Crippen molar-refractivity contribution in [1.82, 2.24) is 14.7 Å². The molecule has 1 heterocycles. The van der Waals surface area contributed by atoms with Gasteiger partial charge in [0.2, 0.25) is 0 Å². The fourth-order valence-electron chi connectivity index (χ4n) is 4.43. The molecule has 3 aromatic carbocycles. The number of hydrogen-bond acceptors (Lipinski definition) is 12. The summed E-state index contributed by atoms with van der Waals surface area (Å²) in [7, 11) is 8.27. The summed E-state index contributed by atoms with van der Waals surface area (Å²) in [6.07, 6.45) is 0. The summed E-state index contributed by atoms with van der Waals surface area (Å²) in [5, 5.41) is -0.151. The predicted octanol–water partition coefficient (Wildman–Crippen LogP) is 6.95. The van der Waals surface area contributed by atoms with Crippen molar-refractivity contribution in [3.63, 3.8) is 0 Å². The number of carbonyl (C=O) groups excluding carboxylic acids is 3. The maximum atomic E-state index is 10.3. The lowest BCUT2D eigenvalue weighted by Crippen LogP contribution is -2.56. The van der Waals surface area contributed by atoms with Gasteiger partial charge in [0, 0.05) is 17.3 Å². The van der Waals surface area contributed by atoms with Gasteiger partial charge in [-0.3, -0.25) is 14.7 Å². The van der Waals surface area contributed by atoms with Crippen LogP contribution in [0.25, 0.3) is 0 Å². The van der Waals surface area contributed by atoms with E-state index in [-0.39, 0.29) is 15.9 Å². The largest absolute Gasteiger partial charge is 0.561 e. The highest BCUT2D eigenvalue weighted by Gasteiger charge is 2.27. The molecule has 3 aromatic rings. The first-order chi connectivity index (χ1) is 23.5. The lowest BCUT2D eigenvalue weighted by molar-refractivity contribution is -0.0432. The van der Waals surface area contributed by atoms with Crippen LogP contribution in [-0.4, -0.2) is 104 Å². The van der Waals surface area contributed by atoms with Gasteiger partial charge < -0.3 is 28.6 Å². The molecular weight excluding hydrogens is 727 g/mol. The van der Waals surface area contributed by atoms with Gasteiger partial charge >= 0.3 is 15.9 Å². The third kappa shape index (κ3) is 16.6. The molecule has 0 aromatic heterocycles. The van der Waals surface area contributed by atoms with E-state index in [1.807, 2.05) is 54.6 Å². The molecule has 258 valence electrons. The Hall–Kier alpha value is -1.95. The van der Waals surface area contributed by atoms with Crippen LogP contribution in [0.1, 0.15) is 16.7 Å². The van der Waals surface area contributed by atoms with Gasteiger partial charge in [-0.25, -0.2) is 0 Å². The molecule has 1 fully saturated rings. The van der Waals surface area contributed by atoms with Gasteiger partial charge in [0.15, 0.2) is 19.8 Å². The van der Waals surface area contributed by atoms with Crippen molar-refractivity contribution < 1.29 is 28.6 Å². The maximum Gasteiger partial charge on any atom is 0.561 e. The number of ether oxygens (including phenoxy) is 3. The van der Waals surface area contributed by atoms with Gasteiger partial charge in [0.05, 0.1) is 72.0 Å². The first kappa shape index (κ1) is 38.8. The Labute approximate surface area is 306 Å². The Morgan fingerprint density at radius 3 is 1.00 bits per heavy atom. The van der Waals surface area contributed by atoms with Crippen molar-refractivity contribution >= 4 is 80.7 Å². The normalized spacial score (nSPS) is 14.0. The summed E-state index contributed by atoms with van der Waals surface area (Å²) < 4.78 is 16.9. The quantitative estimate of drug-likeness (QED) is 0.0580.